The van der Waals surface area contributed by atoms with Crippen LogP contribution in [0, 0.1) is 0 Å². The molecule has 2 nitrogen and oxygen atoms in total. The zero-order chi connectivity index (χ0) is 13.0. The molecule has 1 saturated heterocycles. The van der Waals surface area contributed by atoms with Gasteiger partial charge in [0.1, 0.15) is 0 Å². The predicted octanol–water partition coefficient (Wildman–Crippen LogP) is 3.56. The zero-order valence-electron chi connectivity index (χ0n) is 11.1. The normalized spacial score (nSPS) is 25.5. The Balaban J connectivity index is 2.03. The van der Waals surface area contributed by atoms with Crippen molar-refractivity contribution in [2.24, 2.45) is 0 Å². The number of carbonyl (C=O) groups excluding carboxylic acids is 1. The highest BCUT2D eigenvalue weighted by Crippen LogP contribution is 2.40. The van der Waals surface area contributed by atoms with Gasteiger partial charge in [-0.1, -0.05) is 43.3 Å². The van der Waals surface area contributed by atoms with E-state index in [0.29, 0.717) is 12.0 Å². The Morgan fingerprint density at radius 2 is 2.00 bits per heavy atom. The van der Waals surface area contributed by atoms with Gasteiger partial charge in [0, 0.05) is 18.5 Å². The lowest BCUT2D eigenvalue weighted by Crippen LogP contribution is -2.43. The molecular formula is C17H17NO. The van der Waals surface area contributed by atoms with Crippen LogP contribution in [0.1, 0.15) is 41.6 Å². The topological polar surface area (TPSA) is 20.3 Å². The van der Waals surface area contributed by atoms with E-state index in [-0.39, 0.29) is 5.91 Å². The maximum Gasteiger partial charge on any atom is 0.255 e. The van der Waals surface area contributed by atoms with E-state index in [1.807, 2.05) is 12.1 Å². The van der Waals surface area contributed by atoms with Crippen LogP contribution in [-0.4, -0.2) is 23.4 Å². The summed E-state index contributed by atoms with van der Waals surface area (Å²) in [7, 11) is 0. The van der Waals surface area contributed by atoms with Crippen molar-refractivity contribution in [1.29, 1.82) is 0 Å². The fourth-order valence-electron chi connectivity index (χ4n) is 3.82. The van der Waals surface area contributed by atoms with Crippen molar-refractivity contribution in [1.82, 2.24) is 4.90 Å². The van der Waals surface area contributed by atoms with E-state index in [0.717, 1.165) is 30.3 Å². The van der Waals surface area contributed by atoms with Gasteiger partial charge in [-0.2, -0.15) is 0 Å². The summed E-state index contributed by atoms with van der Waals surface area (Å²) in [4.78, 5) is 14.9. The number of rotatable bonds is 0. The van der Waals surface area contributed by atoms with Gasteiger partial charge in [0.25, 0.3) is 5.91 Å². The Kier molecular flexibility index (Phi) is 2.22. The van der Waals surface area contributed by atoms with Crippen LogP contribution < -0.4 is 0 Å². The molecule has 2 heteroatoms. The number of hydrogen-bond acceptors (Lipinski definition) is 1. The molecule has 2 heterocycles. The molecule has 0 aliphatic carbocycles. The van der Waals surface area contributed by atoms with Crippen LogP contribution in [0.5, 0.6) is 0 Å². The highest BCUT2D eigenvalue weighted by molar-refractivity contribution is 6.09. The SMILES string of the molecule is C[C@@H]1c2ccc3ccccc3c2C(=O)N2CCC[C@@H]12. The summed E-state index contributed by atoms with van der Waals surface area (Å²) in [5.74, 6) is 0.701. The molecule has 2 aliphatic heterocycles. The monoisotopic (exact) mass is 251 g/mol. The summed E-state index contributed by atoms with van der Waals surface area (Å²) in [6.45, 7) is 3.19. The molecule has 19 heavy (non-hydrogen) atoms. The predicted molar refractivity (Wildman–Crippen MR) is 76.4 cm³/mol. The van der Waals surface area contributed by atoms with Gasteiger partial charge in [0.15, 0.2) is 0 Å². The minimum atomic E-state index is 0.243. The maximum absolute atomic E-state index is 12.8. The van der Waals surface area contributed by atoms with Gasteiger partial charge in [-0.15, -0.1) is 0 Å². The molecule has 2 aliphatic rings. The minimum Gasteiger partial charge on any atom is -0.335 e. The van der Waals surface area contributed by atoms with E-state index in [1.54, 1.807) is 0 Å². The summed E-state index contributed by atoms with van der Waals surface area (Å²) in [6.07, 6.45) is 2.30. The molecule has 96 valence electrons. The van der Waals surface area contributed by atoms with Gasteiger partial charge < -0.3 is 4.90 Å². The van der Waals surface area contributed by atoms with Crippen molar-refractivity contribution in [3.63, 3.8) is 0 Å². The van der Waals surface area contributed by atoms with Crippen molar-refractivity contribution in [3.05, 3.63) is 47.5 Å². The van der Waals surface area contributed by atoms with Crippen LogP contribution in [0.2, 0.25) is 0 Å². The second kappa shape index (κ2) is 3.83. The Morgan fingerprint density at radius 1 is 1.16 bits per heavy atom. The average Bonchev–Trinajstić information content (AvgIpc) is 2.93. The molecule has 0 saturated carbocycles. The van der Waals surface area contributed by atoms with Gasteiger partial charge in [-0.05, 0) is 29.2 Å². The lowest BCUT2D eigenvalue weighted by molar-refractivity contribution is 0.0694. The Hall–Kier alpha value is -1.83. The van der Waals surface area contributed by atoms with E-state index in [4.69, 9.17) is 0 Å². The van der Waals surface area contributed by atoms with Crippen molar-refractivity contribution in [3.8, 4) is 0 Å². The number of amides is 1. The van der Waals surface area contributed by atoms with Gasteiger partial charge >= 0.3 is 0 Å². The molecule has 2 atom stereocenters. The highest BCUT2D eigenvalue weighted by Gasteiger charge is 2.40. The lowest BCUT2D eigenvalue weighted by atomic mass is 9.82. The lowest BCUT2D eigenvalue weighted by Gasteiger charge is -2.36. The molecule has 2 aromatic carbocycles. The van der Waals surface area contributed by atoms with Crippen molar-refractivity contribution >= 4 is 16.7 Å². The van der Waals surface area contributed by atoms with Crippen molar-refractivity contribution < 1.29 is 4.79 Å². The summed E-state index contributed by atoms with van der Waals surface area (Å²) in [6, 6.07) is 13.0. The summed E-state index contributed by atoms with van der Waals surface area (Å²) >= 11 is 0. The minimum absolute atomic E-state index is 0.243. The average molecular weight is 251 g/mol. The third kappa shape index (κ3) is 1.40. The standard InChI is InChI=1S/C17H17NO/c1-11-13-9-8-12-5-2-3-6-14(12)16(13)17(19)18-10-4-7-15(11)18/h2-3,5-6,8-9,11,15H,4,7,10H2,1H3/t11-,15+/m1/s1. The van der Waals surface area contributed by atoms with E-state index < -0.39 is 0 Å². The zero-order valence-corrected chi connectivity index (χ0v) is 11.1. The number of carbonyl (C=O) groups is 1. The summed E-state index contributed by atoms with van der Waals surface area (Å²) < 4.78 is 0. The molecule has 0 bridgehead atoms. The smallest absolute Gasteiger partial charge is 0.255 e. The quantitative estimate of drug-likeness (QED) is 0.701. The van der Waals surface area contributed by atoms with Gasteiger partial charge in [-0.25, -0.2) is 0 Å². The number of fused-ring (bicyclic) bond motifs is 4. The highest BCUT2D eigenvalue weighted by atomic mass is 16.2. The molecule has 0 spiro atoms. The molecule has 1 fully saturated rings. The molecule has 4 rings (SSSR count). The number of hydrogen-bond donors (Lipinski definition) is 0. The second-order valence-corrected chi connectivity index (χ2v) is 5.75. The molecule has 0 radical (unpaired) electrons. The van der Waals surface area contributed by atoms with Crippen LogP contribution in [0.25, 0.3) is 10.8 Å². The first-order valence-electron chi connectivity index (χ1n) is 7.10. The van der Waals surface area contributed by atoms with E-state index in [9.17, 15) is 4.79 Å². The van der Waals surface area contributed by atoms with E-state index in [1.165, 1.54) is 10.9 Å². The first kappa shape index (κ1) is 11.0. The second-order valence-electron chi connectivity index (χ2n) is 5.75. The van der Waals surface area contributed by atoms with Crippen molar-refractivity contribution in [2.45, 2.75) is 31.7 Å². The number of benzene rings is 2. The van der Waals surface area contributed by atoms with Crippen LogP contribution in [0.4, 0.5) is 0 Å². The Labute approximate surface area is 113 Å². The van der Waals surface area contributed by atoms with Gasteiger partial charge in [0.05, 0.1) is 5.56 Å². The molecular weight excluding hydrogens is 234 g/mol. The Morgan fingerprint density at radius 3 is 2.89 bits per heavy atom. The van der Waals surface area contributed by atoms with Crippen molar-refractivity contribution in [2.75, 3.05) is 6.54 Å². The third-order valence-electron chi connectivity index (χ3n) is 4.80. The summed E-state index contributed by atoms with van der Waals surface area (Å²) in [5.41, 5.74) is 2.19. The van der Waals surface area contributed by atoms with E-state index in [2.05, 4.69) is 36.1 Å². The van der Waals surface area contributed by atoms with Gasteiger partial charge in [-0.3, -0.25) is 4.79 Å². The third-order valence-corrected chi connectivity index (χ3v) is 4.80. The summed E-state index contributed by atoms with van der Waals surface area (Å²) in [5, 5.41) is 2.28. The first-order valence-corrected chi connectivity index (χ1v) is 7.10. The molecule has 0 unspecified atom stereocenters. The van der Waals surface area contributed by atoms with Crippen LogP contribution in [0.15, 0.2) is 36.4 Å². The fraction of sp³-hybridized carbons (Fsp3) is 0.353. The number of nitrogens with zero attached hydrogens (tertiary/aromatic N) is 1. The maximum atomic E-state index is 12.8. The molecule has 0 N–H and O–H groups in total. The van der Waals surface area contributed by atoms with Gasteiger partial charge in [0.2, 0.25) is 0 Å². The van der Waals surface area contributed by atoms with E-state index >= 15 is 0 Å². The van der Waals surface area contributed by atoms with Crippen LogP contribution >= 0.6 is 0 Å². The van der Waals surface area contributed by atoms with Crippen LogP contribution in [-0.2, 0) is 0 Å². The fourth-order valence-corrected chi connectivity index (χ4v) is 3.82. The molecule has 2 aromatic rings. The van der Waals surface area contributed by atoms with Crippen LogP contribution in [0.3, 0.4) is 0 Å². The Bertz CT molecular complexity index is 676. The molecule has 0 aromatic heterocycles. The molecule has 1 amide bonds. The largest absolute Gasteiger partial charge is 0.335 e. The first-order chi connectivity index (χ1) is 9.27.